The Balaban J connectivity index is 4.92. The lowest BCUT2D eigenvalue weighted by Gasteiger charge is -2.29. The molecule has 0 amide bonds. The smallest absolute Gasteiger partial charge is 0.336 e. The van der Waals surface area contributed by atoms with Crippen molar-refractivity contribution >= 4 is 13.6 Å². The lowest BCUT2D eigenvalue weighted by molar-refractivity contribution is -0.309. The maximum Gasteiger partial charge on any atom is 0.336 e. The highest BCUT2D eigenvalue weighted by atomic mass is 31.2. The molecule has 0 fully saturated rings. The first-order valence-electron chi connectivity index (χ1n) is 3.03. The van der Waals surface area contributed by atoms with Gasteiger partial charge in [-0.25, -0.2) is 0 Å². The van der Waals surface area contributed by atoms with E-state index in [4.69, 9.17) is 9.79 Å². The van der Waals surface area contributed by atoms with Crippen molar-refractivity contribution in [1.29, 1.82) is 0 Å². The Morgan fingerprint density at radius 2 is 2.00 bits per heavy atom. The van der Waals surface area contributed by atoms with Gasteiger partial charge in [-0.05, 0) is 13.3 Å². The van der Waals surface area contributed by atoms with Gasteiger partial charge >= 0.3 is 7.60 Å². The number of carbonyl (C=O) groups excluding carboxylic acids is 1. The minimum Gasteiger partial charge on any atom is -0.549 e. The van der Waals surface area contributed by atoms with Gasteiger partial charge in [-0.2, -0.15) is 0 Å². The molecule has 2 N–H and O–H groups in total. The van der Waals surface area contributed by atoms with Crippen LogP contribution in [0.4, 0.5) is 0 Å². The minimum absolute atomic E-state index is 0.153. The maximum absolute atomic E-state index is 10.6. The van der Waals surface area contributed by atoms with Crippen LogP contribution in [0.5, 0.6) is 0 Å². The average Bonchev–Trinajstić information content (AvgIpc) is 1.83. The number of hydrogen-bond donors (Lipinski definition) is 2. The van der Waals surface area contributed by atoms with E-state index in [2.05, 4.69) is 0 Å². The van der Waals surface area contributed by atoms with Crippen LogP contribution in [0.15, 0.2) is 0 Å². The summed E-state index contributed by atoms with van der Waals surface area (Å²) in [5, 5.41) is 8.25. The van der Waals surface area contributed by atoms with Crippen molar-refractivity contribution < 1.29 is 24.3 Å². The highest BCUT2D eigenvalue weighted by Gasteiger charge is 2.42. The van der Waals surface area contributed by atoms with Gasteiger partial charge in [0.1, 0.15) is 5.16 Å². The predicted octanol–water partition coefficient (Wildman–Crippen LogP) is -0.917. The van der Waals surface area contributed by atoms with Crippen LogP contribution in [0.1, 0.15) is 20.3 Å². The minimum atomic E-state index is -4.61. The number of aliphatic carboxylic acids is 1. The third kappa shape index (κ3) is 1.80. The van der Waals surface area contributed by atoms with E-state index < -0.39 is 18.7 Å². The summed E-state index contributed by atoms with van der Waals surface area (Å²) in [4.78, 5) is 27.5. The van der Waals surface area contributed by atoms with Gasteiger partial charge in [-0.3, -0.25) is 4.57 Å². The fourth-order valence-corrected chi connectivity index (χ4v) is 1.12. The zero-order valence-corrected chi connectivity index (χ0v) is 7.17. The van der Waals surface area contributed by atoms with Gasteiger partial charge in [0.2, 0.25) is 0 Å². The third-order valence-electron chi connectivity index (χ3n) is 1.77. The first-order chi connectivity index (χ1) is 4.75. The monoisotopic (exact) mass is 181 g/mol. The van der Waals surface area contributed by atoms with Gasteiger partial charge in [0.15, 0.2) is 0 Å². The number of carboxylic acids is 1. The zero-order chi connectivity index (χ0) is 9.28. The molecule has 0 aliphatic heterocycles. The largest absolute Gasteiger partial charge is 0.549 e. The molecule has 0 spiro atoms. The molecule has 0 aromatic rings. The molecule has 0 heterocycles. The van der Waals surface area contributed by atoms with Crippen molar-refractivity contribution in [3.8, 4) is 0 Å². The molecule has 1 atom stereocenters. The van der Waals surface area contributed by atoms with Gasteiger partial charge in [-0.15, -0.1) is 0 Å². The summed E-state index contributed by atoms with van der Waals surface area (Å²) in [6, 6.07) is 0. The van der Waals surface area contributed by atoms with Crippen molar-refractivity contribution in [3.63, 3.8) is 0 Å². The van der Waals surface area contributed by atoms with Crippen LogP contribution >= 0.6 is 7.60 Å². The number of carboxylic acid groups (broad SMARTS) is 1. The van der Waals surface area contributed by atoms with Crippen LogP contribution in [0.25, 0.3) is 0 Å². The number of hydrogen-bond acceptors (Lipinski definition) is 3. The lowest BCUT2D eigenvalue weighted by atomic mass is 10.1. The molecule has 0 saturated heterocycles. The Kier molecular flexibility index (Phi) is 2.83. The summed E-state index contributed by atoms with van der Waals surface area (Å²) < 4.78 is 10.6. The molecule has 0 rings (SSSR count). The highest BCUT2D eigenvalue weighted by molar-refractivity contribution is 7.54. The Labute approximate surface area is 64.2 Å². The van der Waals surface area contributed by atoms with E-state index in [0.29, 0.717) is 0 Å². The summed E-state index contributed by atoms with van der Waals surface area (Å²) in [5.74, 6) is -1.71. The average molecular weight is 181 g/mol. The van der Waals surface area contributed by atoms with Crippen LogP contribution in [0, 0.1) is 0 Å². The van der Waals surface area contributed by atoms with E-state index in [1.165, 1.54) is 6.92 Å². The quantitative estimate of drug-likeness (QED) is 0.549. The van der Waals surface area contributed by atoms with Crippen LogP contribution in [-0.2, 0) is 9.36 Å². The second kappa shape index (κ2) is 2.93. The molecule has 11 heavy (non-hydrogen) atoms. The Morgan fingerprint density at radius 1 is 1.64 bits per heavy atom. The fourth-order valence-electron chi connectivity index (χ4n) is 0.469. The van der Waals surface area contributed by atoms with Crippen LogP contribution in [0.3, 0.4) is 0 Å². The van der Waals surface area contributed by atoms with Gasteiger partial charge in [0.05, 0.1) is 5.97 Å². The molecule has 1 unspecified atom stereocenters. The Hall–Kier alpha value is -0.380. The van der Waals surface area contributed by atoms with Crippen molar-refractivity contribution in [2.75, 3.05) is 0 Å². The molecule has 0 bridgehead atoms. The zero-order valence-electron chi connectivity index (χ0n) is 6.27. The predicted molar refractivity (Wildman–Crippen MR) is 35.7 cm³/mol. The normalized spacial score (nSPS) is 17.5. The summed E-state index contributed by atoms with van der Waals surface area (Å²) in [6.07, 6.45) is -0.153. The first kappa shape index (κ1) is 10.6. The van der Waals surface area contributed by atoms with E-state index in [1.54, 1.807) is 0 Å². The molecular formula is C5H10O5P-. The molecule has 0 saturated carbocycles. The Morgan fingerprint density at radius 3 is 2.00 bits per heavy atom. The number of carbonyl (C=O) groups is 1. The molecule has 0 aliphatic carbocycles. The molecule has 0 aliphatic rings. The standard InChI is InChI=1S/C5H11O5P/c1-3-5(2,4(6)7)11(8,9)10/h3H2,1-2H3,(H,6,7)(H2,8,9,10)/p-1. The maximum atomic E-state index is 10.6. The van der Waals surface area contributed by atoms with Crippen LogP contribution in [0.2, 0.25) is 0 Å². The van der Waals surface area contributed by atoms with Crippen molar-refractivity contribution in [1.82, 2.24) is 0 Å². The topological polar surface area (TPSA) is 97.7 Å². The van der Waals surface area contributed by atoms with Crippen molar-refractivity contribution in [3.05, 3.63) is 0 Å². The molecule has 0 radical (unpaired) electrons. The molecule has 0 aromatic carbocycles. The summed E-state index contributed by atoms with van der Waals surface area (Å²) in [6.45, 7) is 2.36. The third-order valence-corrected chi connectivity index (χ3v) is 3.56. The summed E-state index contributed by atoms with van der Waals surface area (Å²) >= 11 is 0. The molecular weight excluding hydrogens is 171 g/mol. The van der Waals surface area contributed by atoms with Crippen LogP contribution < -0.4 is 5.11 Å². The summed E-state index contributed by atoms with van der Waals surface area (Å²) in [7, 11) is -4.61. The lowest BCUT2D eigenvalue weighted by Crippen LogP contribution is -2.45. The molecule has 5 nitrogen and oxygen atoms in total. The van der Waals surface area contributed by atoms with Crippen molar-refractivity contribution in [2.24, 2.45) is 0 Å². The summed E-state index contributed by atoms with van der Waals surface area (Å²) in [5.41, 5.74) is 0. The molecule has 0 aromatic heterocycles. The van der Waals surface area contributed by atoms with Crippen molar-refractivity contribution in [2.45, 2.75) is 25.4 Å². The van der Waals surface area contributed by atoms with E-state index in [1.807, 2.05) is 0 Å². The first-order valence-corrected chi connectivity index (χ1v) is 4.64. The van der Waals surface area contributed by atoms with Gasteiger partial charge < -0.3 is 19.7 Å². The van der Waals surface area contributed by atoms with Gasteiger partial charge in [-0.1, -0.05) is 6.92 Å². The SMILES string of the molecule is CCC(C)(C(=O)[O-])P(=O)(O)O. The van der Waals surface area contributed by atoms with Gasteiger partial charge in [0, 0.05) is 0 Å². The van der Waals surface area contributed by atoms with E-state index in [9.17, 15) is 14.5 Å². The van der Waals surface area contributed by atoms with Crippen LogP contribution in [-0.4, -0.2) is 20.9 Å². The van der Waals surface area contributed by atoms with E-state index in [-0.39, 0.29) is 6.42 Å². The van der Waals surface area contributed by atoms with Gasteiger partial charge in [0.25, 0.3) is 0 Å². The molecule has 6 heteroatoms. The van der Waals surface area contributed by atoms with E-state index >= 15 is 0 Å². The number of rotatable bonds is 3. The second-order valence-corrected chi connectivity index (χ2v) is 4.53. The highest BCUT2D eigenvalue weighted by Crippen LogP contribution is 2.51. The van der Waals surface area contributed by atoms with E-state index in [0.717, 1.165) is 6.92 Å². The molecule has 66 valence electrons. The fraction of sp³-hybridized carbons (Fsp3) is 0.800. The Bertz CT molecular complexity index is 207. The second-order valence-electron chi connectivity index (χ2n) is 2.46.